The lowest BCUT2D eigenvalue weighted by molar-refractivity contribution is -0.895. The second-order valence-electron chi connectivity index (χ2n) is 4.86. The average Bonchev–Trinajstić information content (AvgIpc) is 2.47. The third-order valence-corrected chi connectivity index (χ3v) is 3.65. The molecule has 7 nitrogen and oxygen atoms in total. The van der Waals surface area contributed by atoms with Gasteiger partial charge in [0.25, 0.3) is 0 Å². The van der Waals surface area contributed by atoms with E-state index in [9.17, 15) is 9.59 Å². The summed E-state index contributed by atoms with van der Waals surface area (Å²) in [5, 5.41) is 2.81. The topological polar surface area (TPSA) is 73.9 Å². The van der Waals surface area contributed by atoms with E-state index >= 15 is 0 Å². The number of amides is 2. The van der Waals surface area contributed by atoms with Gasteiger partial charge < -0.3 is 19.5 Å². The van der Waals surface area contributed by atoms with Gasteiger partial charge in [0.2, 0.25) is 6.23 Å². The van der Waals surface area contributed by atoms with Crippen LogP contribution in [0.1, 0.15) is 27.2 Å². The van der Waals surface area contributed by atoms with Crippen LogP contribution in [-0.4, -0.2) is 68.8 Å². The maximum absolute atomic E-state index is 12.3. The second kappa shape index (κ2) is 8.96. The molecule has 1 fully saturated rings. The molecule has 122 valence electrons. The van der Waals surface area contributed by atoms with Crippen LogP contribution >= 0.6 is 0 Å². The van der Waals surface area contributed by atoms with Crippen molar-refractivity contribution in [1.29, 1.82) is 0 Å². The molecule has 1 saturated heterocycles. The normalized spacial score (nSPS) is 25.5. The average molecular weight is 303 g/mol. The molecular weight excluding hydrogens is 276 g/mol. The van der Waals surface area contributed by atoms with Crippen molar-refractivity contribution < 1.29 is 28.3 Å². The first kappa shape index (κ1) is 17.9. The Morgan fingerprint density at radius 2 is 2.05 bits per heavy atom. The lowest BCUT2D eigenvalue weighted by Crippen LogP contribution is -2.69. The Balaban J connectivity index is 2.66. The number of nitrogens with one attached hydrogen (secondary N) is 1. The van der Waals surface area contributed by atoms with E-state index in [2.05, 4.69) is 5.32 Å². The Kier molecular flexibility index (Phi) is 7.63. The molecule has 7 heteroatoms. The van der Waals surface area contributed by atoms with Crippen LogP contribution in [0.3, 0.4) is 0 Å². The second-order valence-corrected chi connectivity index (χ2v) is 4.86. The van der Waals surface area contributed by atoms with Crippen LogP contribution in [0.4, 0.5) is 4.79 Å². The summed E-state index contributed by atoms with van der Waals surface area (Å²) in [5.41, 5.74) is 0. The molecule has 0 bridgehead atoms. The zero-order chi connectivity index (χ0) is 15.7. The predicted octanol–water partition coefficient (Wildman–Crippen LogP) is 0.879. The van der Waals surface area contributed by atoms with Crippen LogP contribution in [0, 0.1) is 0 Å². The predicted molar refractivity (Wildman–Crippen MR) is 76.6 cm³/mol. The van der Waals surface area contributed by atoms with Crippen LogP contribution in [0.5, 0.6) is 0 Å². The molecule has 0 radical (unpaired) electrons. The van der Waals surface area contributed by atoms with E-state index in [-0.39, 0.29) is 29.9 Å². The van der Waals surface area contributed by atoms with Gasteiger partial charge in [-0.05, 0) is 20.8 Å². The zero-order valence-electron chi connectivity index (χ0n) is 13.2. The van der Waals surface area contributed by atoms with Crippen molar-refractivity contribution in [2.24, 2.45) is 0 Å². The van der Waals surface area contributed by atoms with Crippen LogP contribution in [0.25, 0.3) is 0 Å². The highest BCUT2D eigenvalue weighted by atomic mass is 16.6. The highest BCUT2D eigenvalue weighted by Crippen LogP contribution is 2.22. The summed E-state index contributed by atoms with van der Waals surface area (Å²) >= 11 is 0. The minimum Gasteiger partial charge on any atom is -0.459 e. The summed E-state index contributed by atoms with van der Waals surface area (Å²) in [7, 11) is 0. The summed E-state index contributed by atoms with van der Waals surface area (Å²) in [4.78, 5) is 24.3. The molecule has 21 heavy (non-hydrogen) atoms. The van der Waals surface area contributed by atoms with Crippen molar-refractivity contribution in [3.63, 3.8) is 0 Å². The minimum absolute atomic E-state index is 0.0148. The van der Waals surface area contributed by atoms with Crippen molar-refractivity contribution in [3.8, 4) is 0 Å². The number of likely N-dealkylation sites (N-methyl/N-ethyl adjacent to an activating group) is 1. The molecule has 0 aromatic carbocycles. The number of hydrogen-bond acceptors (Lipinski definition) is 5. The van der Waals surface area contributed by atoms with Gasteiger partial charge in [0.05, 0.1) is 19.8 Å². The molecule has 1 heterocycles. The molecule has 2 amide bonds. The third kappa shape index (κ3) is 4.66. The van der Waals surface area contributed by atoms with Crippen molar-refractivity contribution in [2.45, 2.75) is 33.4 Å². The first-order chi connectivity index (χ1) is 10.1. The fraction of sp³-hybridized carbons (Fsp3) is 0.857. The summed E-state index contributed by atoms with van der Waals surface area (Å²) in [6.07, 6.45) is 0.396. The number of ether oxygens (including phenoxy) is 3. The van der Waals surface area contributed by atoms with Gasteiger partial charge in [-0.3, -0.25) is 0 Å². The summed E-state index contributed by atoms with van der Waals surface area (Å²) in [6.45, 7) is 8.36. The van der Waals surface area contributed by atoms with E-state index in [1.165, 1.54) is 0 Å². The van der Waals surface area contributed by atoms with Gasteiger partial charge in [0.1, 0.15) is 6.61 Å². The van der Waals surface area contributed by atoms with Crippen molar-refractivity contribution in [3.05, 3.63) is 0 Å². The molecule has 0 saturated carbocycles. The van der Waals surface area contributed by atoms with Gasteiger partial charge >= 0.3 is 12.0 Å². The highest BCUT2D eigenvalue weighted by molar-refractivity contribution is 5.75. The number of rotatable bonds is 9. The minimum atomic E-state index is -0.404. The number of esters is 1. The maximum Gasteiger partial charge on any atom is 0.419 e. The molecule has 1 aliphatic heterocycles. The Bertz CT molecular complexity index is 348. The van der Waals surface area contributed by atoms with Gasteiger partial charge in [0, 0.05) is 19.6 Å². The van der Waals surface area contributed by atoms with E-state index < -0.39 is 5.97 Å². The molecule has 0 spiro atoms. The smallest absolute Gasteiger partial charge is 0.419 e. The Hall–Kier alpha value is -1.18. The summed E-state index contributed by atoms with van der Waals surface area (Å²) < 4.78 is 15.9. The Morgan fingerprint density at radius 1 is 1.29 bits per heavy atom. The number of urea groups is 1. The molecule has 0 aromatic rings. The van der Waals surface area contributed by atoms with Gasteiger partial charge in [-0.2, -0.15) is 0 Å². The molecule has 1 aliphatic rings. The lowest BCUT2D eigenvalue weighted by Gasteiger charge is -2.42. The fourth-order valence-electron chi connectivity index (χ4n) is 2.52. The summed E-state index contributed by atoms with van der Waals surface area (Å²) in [5.74, 6) is -0.404. The molecule has 1 N–H and O–H groups in total. The van der Waals surface area contributed by atoms with E-state index in [4.69, 9.17) is 14.2 Å². The van der Waals surface area contributed by atoms with Crippen molar-refractivity contribution in [1.82, 2.24) is 5.32 Å². The number of hydrogen-bond donors (Lipinski definition) is 1. The quantitative estimate of drug-likeness (QED) is 0.389. The molecule has 1 rings (SSSR count). The number of carbonyl (C=O) groups is 2. The molecule has 2 unspecified atom stereocenters. The van der Waals surface area contributed by atoms with Crippen LogP contribution in [0.15, 0.2) is 0 Å². The Morgan fingerprint density at radius 3 is 2.67 bits per heavy atom. The van der Waals surface area contributed by atoms with Crippen LogP contribution in [0.2, 0.25) is 0 Å². The van der Waals surface area contributed by atoms with Crippen LogP contribution < -0.4 is 5.32 Å². The zero-order valence-corrected chi connectivity index (χ0v) is 13.2. The van der Waals surface area contributed by atoms with E-state index in [1.807, 2.05) is 20.8 Å². The van der Waals surface area contributed by atoms with Gasteiger partial charge in [-0.1, -0.05) is 0 Å². The molecule has 0 aliphatic carbocycles. The molecule has 2 atom stereocenters. The first-order valence-corrected chi connectivity index (χ1v) is 7.60. The highest BCUT2D eigenvalue weighted by Gasteiger charge is 2.48. The van der Waals surface area contributed by atoms with Crippen molar-refractivity contribution >= 4 is 12.0 Å². The Labute approximate surface area is 126 Å². The maximum atomic E-state index is 12.3. The van der Waals surface area contributed by atoms with Gasteiger partial charge in [-0.15, -0.1) is 0 Å². The number of carbonyl (C=O) groups excluding carboxylic acids is 2. The standard InChI is InChI=1S/C14H26N2O5/c1-4-16(11-13(17)21-10-9-19-5-2)12(20-6-3)7-8-15-14(16)18/h12H,4-11H2,1-3H3/p+1. The van der Waals surface area contributed by atoms with Gasteiger partial charge in [-0.25, -0.2) is 14.1 Å². The van der Waals surface area contributed by atoms with Crippen molar-refractivity contribution in [2.75, 3.05) is 46.1 Å². The van der Waals surface area contributed by atoms with E-state index in [1.54, 1.807) is 0 Å². The van der Waals surface area contributed by atoms with E-state index in [0.717, 1.165) is 0 Å². The largest absolute Gasteiger partial charge is 0.459 e. The first-order valence-electron chi connectivity index (χ1n) is 7.60. The lowest BCUT2D eigenvalue weighted by atomic mass is 10.2. The molecular formula is C14H27N2O5+. The monoisotopic (exact) mass is 303 g/mol. The van der Waals surface area contributed by atoms with E-state index in [0.29, 0.717) is 39.3 Å². The fourth-order valence-corrected chi connectivity index (χ4v) is 2.52. The SMILES string of the molecule is CCOCCOC(=O)C[N+]1(CC)C(=O)NCCC1OCC. The summed E-state index contributed by atoms with van der Waals surface area (Å²) in [6, 6.07) is -0.177. The van der Waals surface area contributed by atoms with Gasteiger partial charge in [0.15, 0.2) is 6.54 Å². The van der Waals surface area contributed by atoms with Crippen LogP contribution in [-0.2, 0) is 19.0 Å². The number of quaternary nitrogens is 1. The molecule has 0 aromatic heterocycles. The third-order valence-electron chi connectivity index (χ3n) is 3.65. The number of nitrogens with zero attached hydrogens (tertiary/aromatic N) is 1.